The molecule has 0 aromatic carbocycles. The molecule has 4 aromatic rings. The molecule has 4 aromatic heterocycles. The van der Waals surface area contributed by atoms with Gasteiger partial charge in [0.15, 0.2) is 17.1 Å². The molecule has 21 heavy (non-hydrogen) atoms. The predicted molar refractivity (Wildman–Crippen MR) is 73.6 cm³/mol. The van der Waals surface area contributed by atoms with Crippen molar-refractivity contribution in [2.24, 2.45) is 0 Å². The van der Waals surface area contributed by atoms with Crippen LogP contribution in [0.4, 0.5) is 5.82 Å². The van der Waals surface area contributed by atoms with Crippen molar-refractivity contribution in [2.45, 2.75) is 13.0 Å². The normalized spacial score (nSPS) is 12.8. The number of fused-ring (bicyclic) bond motifs is 2. The van der Waals surface area contributed by atoms with Gasteiger partial charge in [0.05, 0.1) is 6.04 Å². The van der Waals surface area contributed by atoms with Crippen molar-refractivity contribution >= 4 is 17.1 Å². The number of rotatable bonds is 3. The van der Waals surface area contributed by atoms with Crippen LogP contribution in [0.3, 0.4) is 0 Å². The van der Waals surface area contributed by atoms with Crippen LogP contribution in [0, 0.1) is 0 Å². The molecule has 0 saturated heterocycles. The van der Waals surface area contributed by atoms with E-state index in [1.54, 1.807) is 6.07 Å². The molecule has 9 nitrogen and oxygen atoms in total. The average molecular weight is 281 g/mol. The lowest BCUT2D eigenvalue weighted by molar-refractivity contribution is 0.717. The summed E-state index contributed by atoms with van der Waals surface area (Å²) in [6, 6.07) is 9.34. The minimum absolute atomic E-state index is 0.0659. The maximum atomic E-state index is 4.28. The first-order valence-electron chi connectivity index (χ1n) is 6.43. The molecule has 0 radical (unpaired) electrons. The van der Waals surface area contributed by atoms with Crippen LogP contribution in [0.15, 0.2) is 36.5 Å². The summed E-state index contributed by atoms with van der Waals surface area (Å²) >= 11 is 0. The van der Waals surface area contributed by atoms with Crippen molar-refractivity contribution in [3.05, 3.63) is 42.4 Å². The van der Waals surface area contributed by atoms with Crippen LogP contribution in [-0.4, -0.2) is 39.9 Å². The van der Waals surface area contributed by atoms with E-state index in [9.17, 15) is 0 Å². The van der Waals surface area contributed by atoms with E-state index in [4.69, 9.17) is 0 Å². The van der Waals surface area contributed by atoms with Crippen LogP contribution in [-0.2, 0) is 0 Å². The fourth-order valence-electron chi connectivity index (χ4n) is 2.17. The lowest BCUT2D eigenvalue weighted by Crippen LogP contribution is -2.12. The molecule has 0 fully saturated rings. The predicted octanol–water partition coefficient (Wildman–Crippen LogP) is 0.735. The van der Waals surface area contributed by atoms with E-state index in [0.29, 0.717) is 11.5 Å². The molecule has 9 heteroatoms. The summed E-state index contributed by atoms with van der Waals surface area (Å²) in [5.41, 5.74) is 1.41. The van der Waals surface area contributed by atoms with Gasteiger partial charge in [0, 0.05) is 6.20 Å². The topological polar surface area (TPSA) is 98.2 Å². The zero-order chi connectivity index (χ0) is 14.2. The van der Waals surface area contributed by atoms with Gasteiger partial charge in [-0.1, -0.05) is 6.07 Å². The van der Waals surface area contributed by atoms with E-state index < -0.39 is 0 Å². The monoisotopic (exact) mass is 281 g/mol. The van der Waals surface area contributed by atoms with Gasteiger partial charge in [-0.3, -0.25) is 4.40 Å². The van der Waals surface area contributed by atoms with Crippen molar-refractivity contribution in [3.63, 3.8) is 0 Å². The van der Waals surface area contributed by atoms with E-state index in [1.165, 1.54) is 4.63 Å². The van der Waals surface area contributed by atoms with Crippen molar-refractivity contribution < 1.29 is 0 Å². The van der Waals surface area contributed by atoms with Crippen LogP contribution >= 0.6 is 0 Å². The summed E-state index contributed by atoms with van der Waals surface area (Å²) in [5, 5.41) is 27.0. The van der Waals surface area contributed by atoms with Crippen LogP contribution < -0.4 is 5.32 Å². The Hall–Kier alpha value is -3.10. The van der Waals surface area contributed by atoms with Crippen molar-refractivity contribution in [1.29, 1.82) is 0 Å². The molecule has 0 bridgehead atoms. The molecule has 0 aliphatic rings. The first kappa shape index (κ1) is 11.7. The van der Waals surface area contributed by atoms with Crippen molar-refractivity contribution in [3.8, 4) is 0 Å². The van der Waals surface area contributed by atoms with Crippen LogP contribution in [0.5, 0.6) is 0 Å². The van der Waals surface area contributed by atoms with Crippen LogP contribution in [0.1, 0.15) is 18.8 Å². The summed E-state index contributed by atoms with van der Waals surface area (Å²) in [4.78, 5) is 0. The molecule has 0 amide bonds. The average Bonchev–Trinajstić information content (AvgIpc) is 3.13. The minimum atomic E-state index is -0.0659. The molecule has 0 saturated carbocycles. The standard InChI is InChI=1S/C12H11N9/c1-8(12-16-14-10-4-2-3-7-20(10)12)13-9-5-6-11-15-18-19-21(11)17-9/h2-8H,1H3,(H,13,17)/t8-/m1/s1. The Morgan fingerprint density at radius 3 is 2.95 bits per heavy atom. The summed E-state index contributed by atoms with van der Waals surface area (Å²) in [6.07, 6.45) is 1.93. The van der Waals surface area contributed by atoms with Crippen LogP contribution in [0.2, 0.25) is 0 Å². The summed E-state index contributed by atoms with van der Waals surface area (Å²) in [7, 11) is 0. The fourth-order valence-corrected chi connectivity index (χ4v) is 2.17. The van der Waals surface area contributed by atoms with Crippen LogP contribution in [0.25, 0.3) is 11.3 Å². The molecule has 104 valence electrons. The largest absolute Gasteiger partial charge is 0.359 e. The highest BCUT2D eigenvalue weighted by Gasteiger charge is 2.14. The number of aromatic nitrogens is 8. The van der Waals surface area contributed by atoms with Gasteiger partial charge in [-0.2, -0.15) is 0 Å². The Kier molecular flexibility index (Phi) is 2.49. The summed E-state index contributed by atoms with van der Waals surface area (Å²) in [6.45, 7) is 1.99. The zero-order valence-electron chi connectivity index (χ0n) is 11.1. The maximum Gasteiger partial charge on any atom is 0.200 e. The van der Waals surface area contributed by atoms with Gasteiger partial charge in [0.25, 0.3) is 0 Å². The molecule has 0 spiro atoms. The highest BCUT2D eigenvalue weighted by Crippen LogP contribution is 2.16. The number of hydrogen-bond acceptors (Lipinski definition) is 7. The first-order chi connectivity index (χ1) is 10.3. The smallest absolute Gasteiger partial charge is 0.200 e. The number of nitrogens with zero attached hydrogens (tertiary/aromatic N) is 8. The third-order valence-electron chi connectivity index (χ3n) is 3.16. The Morgan fingerprint density at radius 2 is 2.00 bits per heavy atom. The molecule has 0 aliphatic carbocycles. The lowest BCUT2D eigenvalue weighted by Gasteiger charge is -2.12. The molecule has 0 unspecified atom stereocenters. The number of hydrogen-bond donors (Lipinski definition) is 1. The van der Waals surface area contributed by atoms with E-state index in [-0.39, 0.29) is 6.04 Å². The van der Waals surface area contributed by atoms with Gasteiger partial charge >= 0.3 is 0 Å². The number of nitrogens with one attached hydrogen (secondary N) is 1. The number of tetrazole rings is 1. The van der Waals surface area contributed by atoms with E-state index >= 15 is 0 Å². The quantitative estimate of drug-likeness (QED) is 0.591. The molecule has 4 rings (SSSR count). The highest BCUT2D eigenvalue weighted by atomic mass is 15.6. The van der Waals surface area contributed by atoms with E-state index in [1.807, 2.05) is 41.8 Å². The van der Waals surface area contributed by atoms with Gasteiger partial charge in [0.2, 0.25) is 0 Å². The highest BCUT2D eigenvalue weighted by molar-refractivity contribution is 5.44. The van der Waals surface area contributed by atoms with E-state index in [0.717, 1.165) is 11.5 Å². The van der Waals surface area contributed by atoms with Gasteiger partial charge in [-0.15, -0.1) is 25.0 Å². The Morgan fingerprint density at radius 1 is 1.05 bits per heavy atom. The van der Waals surface area contributed by atoms with Gasteiger partial charge in [-0.05, 0) is 41.6 Å². The second kappa shape index (κ2) is 4.47. The number of anilines is 1. The molecule has 1 atom stereocenters. The third kappa shape index (κ3) is 1.95. The first-order valence-corrected chi connectivity index (χ1v) is 6.43. The van der Waals surface area contributed by atoms with E-state index in [2.05, 4.69) is 36.1 Å². The third-order valence-corrected chi connectivity index (χ3v) is 3.16. The van der Waals surface area contributed by atoms with Gasteiger partial charge < -0.3 is 5.32 Å². The second-order valence-electron chi connectivity index (χ2n) is 4.60. The molecule has 0 aliphatic heterocycles. The number of pyridine rings is 1. The Bertz CT molecular complexity index is 909. The molecule has 1 N–H and O–H groups in total. The molecular weight excluding hydrogens is 270 g/mol. The minimum Gasteiger partial charge on any atom is -0.359 e. The second-order valence-corrected chi connectivity index (χ2v) is 4.60. The SMILES string of the molecule is C[C@@H](Nc1ccc2nnnn2n1)c1nnc2ccccn12. The lowest BCUT2D eigenvalue weighted by atomic mass is 10.3. The Labute approximate surface area is 118 Å². The van der Waals surface area contributed by atoms with Gasteiger partial charge in [0.1, 0.15) is 5.82 Å². The zero-order valence-corrected chi connectivity index (χ0v) is 11.1. The Balaban J connectivity index is 1.66. The molecular formula is C12H11N9. The summed E-state index contributed by atoms with van der Waals surface area (Å²) < 4.78 is 3.31. The van der Waals surface area contributed by atoms with Crippen molar-refractivity contribution in [2.75, 3.05) is 5.32 Å². The van der Waals surface area contributed by atoms with Gasteiger partial charge in [-0.25, -0.2) is 0 Å². The molecule has 4 heterocycles. The summed E-state index contributed by atoms with van der Waals surface area (Å²) in [5.74, 6) is 1.47. The maximum absolute atomic E-state index is 4.28. The van der Waals surface area contributed by atoms with Crippen molar-refractivity contribution in [1.82, 2.24) is 39.9 Å². The fraction of sp³-hybridized carbons (Fsp3) is 0.167.